The molecular formula is C29H39ClN4O. The topological polar surface area (TPSA) is 51.4 Å². The summed E-state index contributed by atoms with van der Waals surface area (Å²) in [7, 11) is 0. The molecule has 1 amide bonds. The van der Waals surface area contributed by atoms with E-state index in [2.05, 4.69) is 52.1 Å². The predicted molar refractivity (Wildman–Crippen MR) is 148 cm³/mol. The summed E-state index contributed by atoms with van der Waals surface area (Å²) in [5, 5.41) is 5.16. The van der Waals surface area contributed by atoms with Gasteiger partial charge in [-0.3, -0.25) is 4.79 Å². The van der Waals surface area contributed by atoms with Crippen molar-refractivity contribution in [1.29, 1.82) is 0 Å². The molecule has 3 aromatic rings. The Hall–Kier alpha value is -2.50. The van der Waals surface area contributed by atoms with Crippen molar-refractivity contribution < 1.29 is 4.79 Å². The summed E-state index contributed by atoms with van der Waals surface area (Å²) >= 11 is 6.46. The fourth-order valence-corrected chi connectivity index (χ4v) is 5.47. The Morgan fingerprint density at radius 1 is 1.00 bits per heavy atom. The van der Waals surface area contributed by atoms with Crippen molar-refractivity contribution in [3.05, 3.63) is 64.8 Å². The molecule has 2 heterocycles. The van der Waals surface area contributed by atoms with E-state index in [0.717, 1.165) is 67.9 Å². The second-order valence-electron chi connectivity index (χ2n) is 9.60. The van der Waals surface area contributed by atoms with E-state index in [-0.39, 0.29) is 5.91 Å². The number of rotatable bonds is 5. The highest BCUT2D eigenvalue weighted by Gasteiger charge is 2.19. The number of anilines is 1. The second-order valence-corrected chi connectivity index (χ2v) is 9.98. The maximum absolute atomic E-state index is 12.1. The molecule has 1 saturated heterocycles. The van der Waals surface area contributed by atoms with Crippen LogP contribution >= 0.6 is 11.6 Å². The zero-order valence-corrected chi connectivity index (χ0v) is 21.9. The molecule has 2 aromatic carbocycles. The third-order valence-corrected chi connectivity index (χ3v) is 7.75. The lowest BCUT2D eigenvalue weighted by molar-refractivity contribution is 0.0923. The summed E-state index contributed by atoms with van der Waals surface area (Å²) in [6, 6.07) is 16.6. The Balaban J connectivity index is 0.000000165. The van der Waals surface area contributed by atoms with Crippen LogP contribution in [0.2, 0.25) is 5.02 Å². The number of nitrogens with zero attached hydrogens (tertiary/aromatic N) is 2. The first-order valence-electron chi connectivity index (χ1n) is 13.2. The fraction of sp³-hybridized carbons (Fsp3) is 0.483. The molecule has 5 rings (SSSR count). The molecular weight excluding hydrogens is 456 g/mol. The van der Waals surface area contributed by atoms with Crippen LogP contribution in [0.3, 0.4) is 0 Å². The maximum Gasteiger partial charge on any atom is 0.267 e. The number of aryl methyl sites for hydroxylation is 1. The number of fused-ring (bicyclic) bond motifs is 1. The number of likely N-dealkylation sites (N-methyl/N-ethyl adjacent to an activating group) is 1. The van der Waals surface area contributed by atoms with Crippen LogP contribution in [0.15, 0.2) is 48.5 Å². The predicted octanol–water partition coefficient (Wildman–Crippen LogP) is 6.27. The van der Waals surface area contributed by atoms with Crippen molar-refractivity contribution >= 4 is 34.1 Å². The maximum atomic E-state index is 12.1. The summed E-state index contributed by atoms with van der Waals surface area (Å²) in [5.41, 5.74) is 4.15. The quantitative estimate of drug-likeness (QED) is 0.439. The largest absolute Gasteiger partial charge is 0.368 e. The van der Waals surface area contributed by atoms with E-state index in [9.17, 15) is 4.79 Å². The van der Waals surface area contributed by atoms with E-state index >= 15 is 0 Å². The van der Waals surface area contributed by atoms with Crippen molar-refractivity contribution in [3.8, 4) is 0 Å². The number of halogens is 1. The van der Waals surface area contributed by atoms with Crippen LogP contribution in [0.4, 0.5) is 5.69 Å². The first kappa shape index (κ1) is 25.6. The first-order chi connectivity index (χ1) is 17.1. The van der Waals surface area contributed by atoms with Crippen molar-refractivity contribution in [2.45, 2.75) is 58.4 Å². The van der Waals surface area contributed by atoms with Crippen molar-refractivity contribution in [2.24, 2.45) is 0 Å². The summed E-state index contributed by atoms with van der Waals surface area (Å²) in [4.78, 5) is 20.2. The number of amides is 1. The van der Waals surface area contributed by atoms with Crippen LogP contribution in [0, 0.1) is 0 Å². The van der Waals surface area contributed by atoms with E-state index in [0.29, 0.717) is 11.7 Å². The Labute approximate surface area is 214 Å². The van der Waals surface area contributed by atoms with Crippen molar-refractivity contribution in [1.82, 2.24) is 15.2 Å². The molecule has 0 spiro atoms. The van der Waals surface area contributed by atoms with Gasteiger partial charge in [0, 0.05) is 43.1 Å². The summed E-state index contributed by atoms with van der Waals surface area (Å²) in [6.45, 7) is 9.98. The third kappa shape index (κ3) is 6.59. The number of hydrogen-bond donors (Lipinski definition) is 2. The van der Waals surface area contributed by atoms with Crippen LogP contribution in [-0.2, 0) is 6.42 Å². The van der Waals surface area contributed by atoms with E-state index in [1.54, 1.807) is 0 Å². The van der Waals surface area contributed by atoms with Gasteiger partial charge in [-0.1, -0.05) is 75.0 Å². The summed E-state index contributed by atoms with van der Waals surface area (Å²) in [6.07, 6.45) is 7.01. The number of carbonyl (C=O) groups is 1. The third-order valence-electron chi connectivity index (χ3n) is 7.31. The van der Waals surface area contributed by atoms with Gasteiger partial charge in [-0.25, -0.2) is 0 Å². The van der Waals surface area contributed by atoms with Gasteiger partial charge >= 0.3 is 0 Å². The van der Waals surface area contributed by atoms with Crippen LogP contribution in [0.1, 0.15) is 62.0 Å². The number of piperazine rings is 1. The molecule has 1 aliphatic heterocycles. The highest BCUT2D eigenvalue weighted by Crippen LogP contribution is 2.30. The molecule has 188 valence electrons. The standard InChI is InChI=1S/C15H18N2O.C14H21ClN2/c18-15(16-12-7-2-1-3-8-12)14-10-11-6-4-5-9-13(11)17-14;1-3-12-6-5-7-13(14(12)15)17-10-8-16(4-2)9-11-17/h4-6,9-10,12,17H,1-3,7-8H2,(H,16,18);5-7H,3-4,8-11H2,1-2H3. The van der Waals surface area contributed by atoms with Crippen LogP contribution in [0.25, 0.3) is 10.9 Å². The minimum Gasteiger partial charge on any atom is -0.368 e. The number of H-pyrrole nitrogens is 1. The van der Waals surface area contributed by atoms with Crippen LogP contribution in [0.5, 0.6) is 0 Å². The average Bonchev–Trinajstić information content (AvgIpc) is 3.35. The van der Waals surface area contributed by atoms with Gasteiger partial charge in [0.2, 0.25) is 0 Å². The van der Waals surface area contributed by atoms with Gasteiger partial charge in [-0.15, -0.1) is 0 Å². The number of para-hydroxylation sites is 1. The molecule has 1 saturated carbocycles. The molecule has 35 heavy (non-hydrogen) atoms. The van der Waals surface area contributed by atoms with E-state index < -0.39 is 0 Å². The number of nitrogens with one attached hydrogen (secondary N) is 2. The number of aromatic amines is 1. The normalized spacial score (nSPS) is 17.2. The zero-order chi connectivity index (χ0) is 24.6. The zero-order valence-electron chi connectivity index (χ0n) is 21.2. The SMILES string of the molecule is CCc1cccc(N2CCN(CC)CC2)c1Cl.O=C(NC1CCCCC1)c1cc2ccccc2[nH]1. The van der Waals surface area contributed by atoms with Crippen LogP contribution < -0.4 is 10.2 Å². The smallest absolute Gasteiger partial charge is 0.267 e. The van der Waals surface area contributed by atoms with Gasteiger partial charge in [-0.2, -0.15) is 0 Å². The molecule has 1 aliphatic carbocycles. The number of hydrogen-bond acceptors (Lipinski definition) is 3. The molecule has 0 unspecified atom stereocenters. The number of benzene rings is 2. The molecule has 2 N–H and O–H groups in total. The highest BCUT2D eigenvalue weighted by atomic mass is 35.5. The lowest BCUT2D eigenvalue weighted by Gasteiger charge is -2.36. The molecule has 2 aliphatic rings. The summed E-state index contributed by atoms with van der Waals surface area (Å²) < 4.78 is 0. The Morgan fingerprint density at radius 2 is 1.74 bits per heavy atom. The molecule has 0 radical (unpaired) electrons. The van der Waals surface area contributed by atoms with E-state index in [1.807, 2.05) is 30.3 Å². The average molecular weight is 495 g/mol. The minimum absolute atomic E-state index is 0.0260. The molecule has 5 nitrogen and oxygen atoms in total. The minimum atomic E-state index is 0.0260. The highest BCUT2D eigenvalue weighted by molar-refractivity contribution is 6.34. The lowest BCUT2D eigenvalue weighted by atomic mass is 9.95. The Morgan fingerprint density at radius 3 is 2.43 bits per heavy atom. The van der Waals surface area contributed by atoms with Crippen LogP contribution in [-0.4, -0.2) is 54.6 Å². The monoisotopic (exact) mass is 494 g/mol. The molecule has 0 atom stereocenters. The molecule has 0 bridgehead atoms. The molecule has 6 heteroatoms. The molecule has 2 fully saturated rings. The van der Waals surface area contributed by atoms with E-state index in [1.165, 1.54) is 30.5 Å². The fourth-order valence-electron chi connectivity index (χ4n) is 5.09. The van der Waals surface area contributed by atoms with Gasteiger partial charge in [-0.05, 0) is 49.6 Å². The second kappa shape index (κ2) is 12.5. The van der Waals surface area contributed by atoms with Gasteiger partial charge in [0.05, 0.1) is 10.7 Å². The van der Waals surface area contributed by atoms with E-state index in [4.69, 9.17) is 11.6 Å². The first-order valence-corrected chi connectivity index (χ1v) is 13.6. The Bertz CT molecular complexity index is 1060. The van der Waals surface area contributed by atoms with Gasteiger partial charge < -0.3 is 20.1 Å². The van der Waals surface area contributed by atoms with Gasteiger partial charge in [0.15, 0.2) is 0 Å². The van der Waals surface area contributed by atoms with Gasteiger partial charge in [0.25, 0.3) is 5.91 Å². The number of aromatic nitrogens is 1. The Kier molecular flexibility index (Phi) is 9.11. The summed E-state index contributed by atoms with van der Waals surface area (Å²) in [5.74, 6) is 0.0260. The lowest BCUT2D eigenvalue weighted by Crippen LogP contribution is -2.46. The number of carbonyl (C=O) groups excluding carboxylic acids is 1. The van der Waals surface area contributed by atoms with Crippen molar-refractivity contribution in [2.75, 3.05) is 37.6 Å². The van der Waals surface area contributed by atoms with Gasteiger partial charge in [0.1, 0.15) is 5.69 Å². The molecule has 1 aromatic heterocycles. The van der Waals surface area contributed by atoms with Crippen molar-refractivity contribution in [3.63, 3.8) is 0 Å².